The fourth-order valence-electron chi connectivity index (χ4n) is 2.87. The van der Waals surface area contributed by atoms with Gasteiger partial charge in [0.1, 0.15) is 11.9 Å². The highest BCUT2D eigenvalue weighted by atomic mass is 19.1. The third-order valence-corrected chi connectivity index (χ3v) is 3.92. The molecule has 0 atom stereocenters. The van der Waals surface area contributed by atoms with E-state index in [1.54, 1.807) is 12.1 Å². The highest BCUT2D eigenvalue weighted by molar-refractivity contribution is 5.34. The van der Waals surface area contributed by atoms with Crippen LogP contribution in [0.3, 0.4) is 0 Å². The molecule has 0 amide bonds. The van der Waals surface area contributed by atoms with Gasteiger partial charge in [0.05, 0.1) is 5.56 Å². The molecule has 4 heteroatoms. The Morgan fingerprint density at radius 1 is 1.35 bits per heavy atom. The van der Waals surface area contributed by atoms with Crippen molar-refractivity contribution in [2.75, 3.05) is 33.7 Å². The summed E-state index contributed by atoms with van der Waals surface area (Å²) in [6.45, 7) is 3.76. The maximum atomic E-state index is 14.0. The fourth-order valence-corrected chi connectivity index (χ4v) is 2.87. The van der Waals surface area contributed by atoms with Crippen LogP contribution in [0.1, 0.15) is 24.0 Å². The molecule has 20 heavy (non-hydrogen) atoms. The van der Waals surface area contributed by atoms with E-state index in [0.717, 1.165) is 38.4 Å². The number of rotatable bonds is 4. The highest BCUT2D eigenvalue weighted by Crippen LogP contribution is 2.21. The van der Waals surface area contributed by atoms with E-state index < -0.39 is 0 Å². The Kier molecular flexibility index (Phi) is 5.11. The van der Waals surface area contributed by atoms with Gasteiger partial charge in [0.25, 0.3) is 0 Å². The molecule has 1 saturated heterocycles. The van der Waals surface area contributed by atoms with Crippen LogP contribution in [-0.2, 0) is 6.54 Å². The summed E-state index contributed by atoms with van der Waals surface area (Å²) in [5.74, 6) is 0.391. The number of nitriles is 1. The van der Waals surface area contributed by atoms with Crippen molar-refractivity contribution in [1.29, 1.82) is 5.26 Å². The number of halogens is 1. The molecule has 0 aliphatic carbocycles. The minimum atomic E-state index is -0.356. The summed E-state index contributed by atoms with van der Waals surface area (Å²) >= 11 is 0. The molecule has 1 heterocycles. The van der Waals surface area contributed by atoms with Crippen LogP contribution in [0.5, 0.6) is 0 Å². The largest absolute Gasteiger partial charge is 0.309 e. The smallest absolute Gasteiger partial charge is 0.145 e. The van der Waals surface area contributed by atoms with Crippen LogP contribution in [0.2, 0.25) is 0 Å². The number of likely N-dealkylation sites (tertiary alicyclic amines) is 1. The van der Waals surface area contributed by atoms with Crippen molar-refractivity contribution in [2.45, 2.75) is 19.4 Å². The maximum Gasteiger partial charge on any atom is 0.145 e. The van der Waals surface area contributed by atoms with E-state index in [1.165, 1.54) is 6.07 Å². The fraction of sp³-hybridized carbons (Fsp3) is 0.562. The van der Waals surface area contributed by atoms with E-state index >= 15 is 0 Å². The molecule has 1 aliphatic heterocycles. The first-order valence-electron chi connectivity index (χ1n) is 7.14. The van der Waals surface area contributed by atoms with Crippen LogP contribution in [0.4, 0.5) is 4.39 Å². The second-order valence-electron chi connectivity index (χ2n) is 5.87. The molecule has 2 rings (SSSR count). The Bertz CT molecular complexity index is 485. The molecule has 0 N–H and O–H groups in total. The second kappa shape index (κ2) is 6.83. The van der Waals surface area contributed by atoms with Crippen molar-refractivity contribution in [3.8, 4) is 6.07 Å². The second-order valence-corrected chi connectivity index (χ2v) is 5.87. The molecule has 108 valence electrons. The quantitative estimate of drug-likeness (QED) is 0.845. The molecular formula is C16H22FN3. The summed E-state index contributed by atoms with van der Waals surface area (Å²) in [5, 5.41) is 8.86. The summed E-state index contributed by atoms with van der Waals surface area (Å²) in [7, 11) is 4.21. The van der Waals surface area contributed by atoms with E-state index in [4.69, 9.17) is 5.26 Å². The molecule has 1 aromatic carbocycles. The summed E-state index contributed by atoms with van der Waals surface area (Å²) in [4.78, 5) is 4.52. The minimum Gasteiger partial charge on any atom is -0.309 e. The SMILES string of the molecule is CN(C)CC1CCN(Cc2cccc(C#N)c2F)CC1. The minimum absolute atomic E-state index is 0.144. The van der Waals surface area contributed by atoms with Gasteiger partial charge in [0, 0.05) is 18.7 Å². The Labute approximate surface area is 120 Å². The average molecular weight is 275 g/mol. The van der Waals surface area contributed by atoms with Crippen molar-refractivity contribution in [1.82, 2.24) is 9.80 Å². The van der Waals surface area contributed by atoms with Crippen LogP contribution in [0, 0.1) is 23.1 Å². The van der Waals surface area contributed by atoms with E-state index in [-0.39, 0.29) is 11.4 Å². The van der Waals surface area contributed by atoms with Gasteiger partial charge in [-0.15, -0.1) is 0 Å². The maximum absolute atomic E-state index is 14.0. The van der Waals surface area contributed by atoms with Gasteiger partial charge in [-0.3, -0.25) is 4.90 Å². The molecule has 0 unspecified atom stereocenters. The molecule has 0 saturated carbocycles. The Morgan fingerprint density at radius 3 is 2.65 bits per heavy atom. The standard InChI is InChI=1S/C16H22FN3/c1-19(2)11-13-6-8-20(9-7-13)12-15-5-3-4-14(10-18)16(15)17/h3-5,13H,6-9,11-12H2,1-2H3. The summed E-state index contributed by atoms with van der Waals surface area (Å²) < 4.78 is 14.0. The highest BCUT2D eigenvalue weighted by Gasteiger charge is 2.20. The molecule has 3 nitrogen and oxygen atoms in total. The molecular weight excluding hydrogens is 253 g/mol. The zero-order valence-electron chi connectivity index (χ0n) is 12.3. The van der Waals surface area contributed by atoms with Gasteiger partial charge >= 0.3 is 0 Å². The van der Waals surface area contributed by atoms with E-state index in [1.807, 2.05) is 6.07 Å². The normalized spacial score (nSPS) is 17.4. The third kappa shape index (κ3) is 3.78. The Balaban J connectivity index is 1.92. The molecule has 0 bridgehead atoms. The van der Waals surface area contributed by atoms with Crippen molar-refractivity contribution in [2.24, 2.45) is 5.92 Å². The number of hydrogen-bond donors (Lipinski definition) is 0. The van der Waals surface area contributed by atoms with E-state index in [2.05, 4.69) is 23.9 Å². The van der Waals surface area contributed by atoms with Crippen LogP contribution in [-0.4, -0.2) is 43.5 Å². The first-order valence-corrected chi connectivity index (χ1v) is 7.14. The summed E-state index contributed by atoms with van der Waals surface area (Å²) in [5.41, 5.74) is 0.778. The summed E-state index contributed by atoms with van der Waals surface area (Å²) in [6.07, 6.45) is 2.33. The van der Waals surface area contributed by atoms with Gasteiger partial charge in [-0.25, -0.2) is 4.39 Å². The van der Waals surface area contributed by atoms with Crippen LogP contribution in [0.25, 0.3) is 0 Å². The van der Waals surface area contributed by atoms with Crippen molar-refractivity contribution in [3.63, 3.8) is 0 Å². The lowest BCUT2D eigenvalue weighted by molar-refractivity contribution is 0.155. The van der Waals surface area contributed by atoms with E-state index in [0.29, 0.717) is 12.1 Å². The molecule has 0 aromatic heterocycles. The van der Waals surface area contributed by atoms with Crippen molar-refractivity contribution in [3.05, 3.63) is 35.1 Å². The Hall–Kier alpha value is -1.44. The Morgan fingerprint density at radius 2 is 2.05 bits per heavy atom. The van der Waals surface area contributed by atoms with Crippen LogP contribution in [0.15, 0.2) is 18.2 Å². The lowest BCUT2D eigenvalue weighted by Gasteiger charge is -2.33. The molecule has 1 fully saturated rings. The zero-order chi connectivity index (χ0) is 14.5. The van der Waals surface area contributed by atoms with Crippen LogP contribution >= 0.6 is 0 Å². The van der Waals surface area contributed by atoms with Crippen LogP contribution < -0.4 is 0 Å². The molecule has 1 aromatic rings. The van der Waals surface area contributed by atoms with Gasteiger partial charge in [0.2, 0.25) is 0 Å². The third-order valence-electron chi connectivity index (χ3n) is 3.92. The van der Waals surface area contributed by atoms with Gasteiger partial charge in [0.15, 0.2) is 0 Å². The zero-order valence-corrected chi connectivity index (χ0v) is 12.3. The number of hydrogen-bond acceptors (Lipinski definition) is 3. The number of piperidine rings is 1. The van der Waals surface area contributed by atoms with Gasteiger partial charge in [-0.2, -0.15) is 5.26 Å². The predicted octanol–water partition coefficient (Wildman–Crippen LogP) is 2.47. The average Bonchev–Trinajstić information content (AvgIpc) is 2.43. The number of benzene rings is 1. The van der Waals surface area contributed by atoms with Gasteiger partial charge in [-0.05, 0) is 52.0 Å². The summed E-state index contributed by atoms with van der Waals surface area (Å²) in [6, 6.07) is 6.97. The van der Waals surface area contributed by atoms with Gasteiger partial charge in [-0.1, -0.05) is 12.1 Å². The van der Waals surface area contributed by atoms with E-state index in [9.17, 15) is 4.39 Å². The predicted molar refractivity (Wildman–Crippen MR) is 77.7 cm³/mol. The van der Waals surface area contributed by atoms with Gasteiger partial charge < -0.3 is 4.90 Å². The van der Waals surface area contributed by atoms with Crippen molar-refractivity contribution < 1.29 is 4.39 Å². The lowest BCUT2D eigenvalue weighted by Crippen LogP contribution is -2.36. The first-order chi connectivity index (χ1) is 9.60. The first kappa shape index (κ1) is 15.0. The number of nitrogens with zero attached hydrogens (tertiary/aromatic N) is 3. The molecule has 0 radical (unpaired) electrons. The molecule has 0 spiro atoms. The topological polar surface area (TPSA) is 30.3 Å². The monoisotopic (exact) mass is 275 g/mol. The lowest BCUT2D eigenvalue weighted by atomic mass is 9.96. The molecule has 1 aliphatic rings. The van der Waals surface area contributed by atoms with Crippen molar-refractivity contribution >= 4 is 0 Å².